The van der Waals surface area contributed by atoms with Crippen molar-refractivity contribution in [1.29, 1.82) is 0 Å². The standard InChI is InChI=1S/C23H27F3N2O4/c1-16(2)31-19-9-5-18(6-10-19)27-21(29)22(30)11-13-28(14-12-22)15-17-3-7-20(8-4-17)32-23(24,25)26/h3-10,16,30H,11-15H2,1-2H3,(H,27,29). The average molecular weight is 452 g/mol. The first kappa shape index (κ1) is 23.9. The summed E-state index contributed by atoms with van der Waals surface area (Å²) in [6, 6.07) is 12.6. The van der Waals surface area contributed by atoms with Crippen LogP contribution in [0, 0.1) is 0 Å². The third-order valence-electron chi connectivity index (χ3n) is 5.15. The highest BCUT2D eigenvalue weighted by Gasteiger charge is 2.39. The molecule has 0 aliphatic carbocycles. The topological polar surface area (TPSA) is 71.0 Å². The minimum Gasteiger partial charge on any atom is -0.491 e. The van der Waals surface area contributed by atoms with E-state index in [-0.39, 0.29) is 24.7 Å². The number of hydrogen-bond acceptors (Lipinski definition) is 5. The van der Waals surface area contributed by atoms with Crippen molar-refractivity contribution in [3.63, 3.8) is 0 Å². The molecule has 1 amide bonds. The Bertz CT molecular complexity index is 891. The molecule has 174 valence electrons. The van der Waals surface area contributed by atoms with Gasteiger partial charge in [-0.2, -0.15) is 0 Å². The molecule has 0 unspecified atom stereocenters. The van der Waals surface area contributed by atoms with Crippen LogP contribution in [0.25, 0.3) is 0 Å². The Morgan fingerprint density at radius 1 is 1.06 bits per heavy atom. The lowest BCUT2D eigenvalue weighted by atomic mass is 9.90. The van der Waals surface area contributed by atoms with Gasteiger partial charge >= 0.3 is 6.36 Å². The van der Waals surface area contributed by atoms with Crippen molar-refractivity contribution in [2.45, 2.75) is 51.3 Å². The van der Waals surface area contributed by atoms with Crippen molar-refractivity contribution < 1.29 is 32.5 Å². The predicted octanol–water partition coefficient (Wildman–Crippen LogP) is 4.34. The average Bonchev–Trinajstić information content (AvgIpc) is 2.71. The third-order valence-corrected chi connectivity index (χ3v) is 5.15. The Morgan fingerprint density at radius 3 is 2.16 bits per heavy atom. The molecule has 1 heterocycles. The van der Waals surface area contributed by atoms with E-state index in [1.165, 1.54) is 12.1 Å². The monoisotopic (exact) mass is 452 g/mol. The van der Waals surface area contributed by atoms with Gasteiger partial charge in [-0.15, -0.1) is 13.2 Å². The molecule has 1 fully saturated rings. The van der Waals surface area contributed by atoms with Crippen LogP contribution in [-0.4, -0.2) is 47.1 Å². The van der Waals surface area contributed by atoms with Gasteiger partial charge in [-0.1, -0.05) is 12.1 Å². The van der Waals surface area contributed by atoms with Crippen molar-refractivity contribution in [2.75, 3.05) is 18.4 Å². The van der Waals surface area contributed by atoms with Gasteiger partial charge in [0.2, 0.25) is 0 Å². The molecular formula is C23H27F3N2O4. The number of halogens is 3. The van der Waals surface area contributed by atoms with Crippen molar-refractivity contribution >= 4 is 11.6 Å². The van der Waals surface area contributed by atoms with Gasteiger partial charge in [0.15, 0.2) is 0 Å². The Kier molecular flexibility index (Phi) is 7.30. The largest absolute Gasteiger partial charge is 0.573 e. The van der Waals surface area contributed by atoms with Gasteiger partial charge in [-0.3, -0.25) is 9.69 Å². The second-order valence-corrected chi connectivity index (χ2v) is 8.14. The molecule has 2 aromatic rings. The molecule has 6 nitrogen and oxygen atoms in total. The van der Waals surface area contributed by atoms with Crippen LogP contribution in [0.1, 0.15) is 32.3 Å². The molecule has 3 rings (SSSR count). The first-order chi connectivity index (χ1) is 15.0. The summed E-state index contributed by atoms with van der Waals surface area (Å²) in [6.45, 7) is 5.31. The number of piperidine rings is 1. The first-order valence-corrected chi connectivity index (χ1v) is 10.4. The molecule has 0 saturated carbocycles. The van der Waals surface area contributed by atoms with Crippen LogP contribution in [0.4, 0.5) is 18.9 Å². The van der Waals surface area contributed by atoms with Gasteiger partial charge in [0.25, 0.3) is 5.91 Å². The number of aliphatic hydroxyl groups is 1. The zero-order chi connectivity index (χ0) is 23.4. The highest BCUT2D eigenvalue weighted by atomic mass is 19.4. The van der Waals surface area contributed by atoms with E-state index in [1.54, 1.807) is 36.4 Å². The molecule has 1 saturated heterocycles. The summed E-state index contributed by atoms with van der Waals surface area (Å²) in [7, 11) is 0. The van der Waals surface area contributed by atoms with Crippen molar-refractivity contribution in [3.8, 4) is 11.5 Å². The van der Waals surface area contributed by atoms with Gasteiger partial charge in [-0.05, 0) is 68.7 Å². The third kappa shape index (κ3) is 6.86. The zero-order valence-corrected chi connectivity index (χ0v) is 18.0. The fourth-order valence-electron chi connectivity index (χ4n) is 3.50. The summed E-state index contributed by atoms with van der Waals surface area (Å²) in [6.07, 6.45) is -4.17. The second kappa shape index (κ2) is 9.79. The lowest BCUT2D eigenvalue weighted by Crippen LogP contribution is -2.51. The van der Waals surface area contributed by atoms with E-state index in [2.05, 4.69) is 10.1 Å². The van der Waals surface area contributed by atoms with Gasteiger partial charge in [0.1, 0.15) is 17.1 Å². The minimum absolute atomic E-state index is 0.0486. The highest BCUT2D eigenvalue weighted by molar-refractivity contribution is 5.97. The minimum atomic E-state index is -4.72. The maximum atomic E-state index is 12.7. The van der Waals surface area contributed by atoms with E-state index < -0.39 is 17.9 Å². The van der Waals surface area contributed by atoms with E-state index in [4.69, 9.17) is 4.74 Å². The number of alkyl halides is 3. The first-order valence-electron chi connectivity index (χ1n) is 10.4. The molecule has 0 spiro atoms. The number of rotatable bonds is 7. The smallest absolute Gasteiger partial charge is 0.491 e. The number of likely N-dealkylation sites (tertiary alicyclic amines) is 1. The molecule has 1 aliphatic heterocycles. The lowest BCUT2D eigenvalue weighted by Gasteiger charge is -2.37. The number of ether oxygens (including phenoxy) is 2. The number of nitrogens with one attached hydrogen (secondary N) is 1. The summed E-state index contributed by atoms with van der Waals surface area (Å²) in [4.78, 5) is 14.7. The van der Waals surface area contributed by atoms with E-state index >= 15 is 0 Å². The van der Waals surface area contributed by atoms with Crippen LogP contribution in [0.5, 0.6) is 11.5 Å². The fraction of sp³-hybridized carbons (Fsp3) is 0.435. The molecule has 0 aromatic heterocycles. The SMILES string of the molecule is CC(C)Oc1ccc(NC(=O)C2(O)CCN(Cc3ccc(OC(F)(F)F)cc3)CC2)cc1. The summed E-state index contributed by atoms with van der Waals surface area (Å²) in [5.41, 5.74) is -0.0881. The Hall–Kier alpha value is -2.78. The molecular weight excluding hydrogens is 425 g/mol. The Morgan fingerprint density at radius 2 is 1.62 bits per heavy atom. The number of anilines is 1. The number of carbonyl (C=O) groups is 1. The maximum absolute atomic E-state index is 12.7. The number of carbonyl (C=O) groups excluding carboxylic acids is 1. The van der Waals surface area contributed by atoms with E-state index in [0.29, 0.717) is 31.1 Å². The van der Waals surface area contributed by atoms with Crippen LogP contribution in [0.15, 0.2) is 48.5 Å². The van der Waals surface area contributed by atoms with E-state index in [1.807, 2.05) is 18.7 Å². The quantitative estimate of drug-likeness (QED) is 0.654. The number of benzene rings is 2. The Labute approximate surface area is 184 Å². The van der Waals surface area contributed by atoms with Crippen LogP contribution in [-0.2, 0) is 11.3 Å². The van der Waals surface area contributed by atoms with Crippen molar-refractivity contribution in [3.05, 3.63) is 54.1 Å². The molecule has 2 N–H and O–H groups in total. The van der Waals surface area contributed by atoms with Crippen LogP contribution < -0.4 is 14.8 Å². The van der Waals surface area contributed by atoms with Crippen LogP contribution in [0.2, 0.25) is 0 Å². The predicted molar refractivity (Wildman–Crippen MR) is 113 cm³/mol. The van der Waals surface area contributed by atoms with E-state index in [0.717, 1.165) is 5.56 Å². The van der Waals surface area contributed by atoms with Gasteiger partial charge in [-0.25, -0.2) is 0 Å². The number of amides is 1. The zero-order valence-electron chi connectivity index (χ0n) is 18.0. The Balaban J connectivity index is 1.49. The van der Waals surface area contributed by atoms with Gasteiger partial charge in [0, 0.05) is 25.3 Å². The van der Waals surface area contributed by atoms with Gasteiger partial charge < -0.3 is 19.9 Å². The lowest BCUT2D eigenvalue weighted by molar-refractivity contribution is -0.274. The molecule has 32 heavy (non-hydrogen) atoms. The molecule has 0 atom stereocenters. The molecule has 0 radical (unpaired) electrons. The van der Waals surface area contributed by atoms with Crippen LogP contribution >= 0.6 is 0 Å². The van der Waals surface area contributed by atoms with Crippen LogP contribution in [0.3, 0.4) is 0 Å². The summed E-state index contributed by atoms with van der Waals surface area (Å²) >= 11 is 0. The summed E-state index contributed by atoms with van der Waals surface area (Å²) in [5, 5.41) is 13.6. The fourth-order valence-corrected chi connectivity index (χ4v) is 3.50. The van der Waals surface area contributed by atoms with Crippen molar-refractivity contribution in [2.24, 2.45) is 0 Å². The van der Waals surface area contributed by atoms with E-state index in [9.17, 15) is 23.1 Å². The van der Waals surface area contributed by atoms with Gasteiger partial charge in [0.05, 0.1) is 6.10 Å². The highest BCUT2D eigenvalue weighted by Crippen LogP contribution is 2.27. The number of nitrogens with zero attached hydrogens (tertiary/aromatic N) is 1. The number of hydrogen-bond donors (Lipinski definition) is 2. The summed E-state index contributed by atoms with van der Waals surface area (Å²) < 4.78 is 46.2. The normalized spacial score (nSPS) is 16.6. The molecule has 9 heteroatoms. The van der Waals surface area contributed by atoms with Crippen molar-refractivity contribution in [1.82, 2.24) is 4.90 Å². The second-order valence-electron chi connectivity index (χ2n) is 8.14. The molecule has 2 aromatic carbocycles. The summed E-state index contributed by atoms with van der Waals surface area (Å²) in [5.74, 6) is -0.0268. The molecule has 1 aliphatic rings. The maximum Gasteiger partial charge on any atom is 0.573 e. The molecule has 0 bridgehead atoms.